The van der Waals surface area contributed by atoms with E-state index in [0.717, 1.165) is 23.4 Å². The third-order valence-corrected chi connectivity index (χ3v) is 4.11. The third-order valence-electron chi connectivity index (χ3n) is 3.05. The molecule has 0 bridgehead atoms. The van der Waals surface area contributed by atoms with Crippen molar-refractivity contribution in [1.29, 1.82) is 0 Å². The van der Waals surface area contributed by atoms with Crippen LogP contribution in [-0.2, 0) is 6.42 Å². The summed E-state index contributed by atoms with van der Waals surface area (Å²) in [5, 5.41) is 13.8. The molecular weight excluding hydrogens is 244 g/mol. The number of nitrogens with one attached hydrogen (secondary N) is 1. The highest BCUT2D eigenvalue weighted by Crippen LogP contribution is 2.22. The van der Waals surface area contributed by atoms with E-state index in [0.29, 0.717) is 6.04 Å². The summed E-state index contributed by atoms with van der Waals surface area (Å²) >= 11 is 1.75. The molecule has 18 heavy (non-hydrogen) atoms. The lowest BCUT2D eigenvalue weighted by atomic mass is 10.2. The minimum Gasteiger partial charge on any atom is -0.395 e. The monoisotopic (exact) mass is 264 g/mol. The number of hydrogen-bond donors (Lipinski definition) is 2. The molecule has 1 heterocycles. The van der Waals surface area contributed by atoms with Gasteiger partial charge in [0, 0.05) is 18.5 Å². The van der Waals surface area contributed by atoms with Crippen molar-refractivity contribution in [1.82, 2.24) is 10.3 Å². The number of nitrogens with zero attached hydrogens (tertiary/aromatic N) is 1. The van der Waals surface area contributed by atoms with Crippen molar-refractivity contribution in [2.24, 2.45) is 0 Å². The summed E-state index contributed by atoms with van der Waals surface area (Å²) in [6.07, 6.45) is 1.86. The highest BCUT2D eigenvalue weighted by Gasteiger charge is 2.12. The molecule has 0 spiro atoms. The number of para-hydroxylation sites is 1. The highest BCUT2D eigenvalue weighted by atomic mass is 32.1. The Balaban J connectivity index is 2.00. The molecule has 0 aliphatic rings. The smallest absolute Gasteiger partial charge is 0.0954 e. The van der Waals surface area contributed by atoms with E-state index in [2.05, 4.69) is 36.3 Å². The second-order valence-electron chi connectivity index (χ2n) is 4.63. The maximum atomic E-state index is 9.18. The van der Waals surface area contributed by atoms with Gasteiger partial charge in [-0.15, -0.1) is 11.3 Å². The van der Waals surface area contributed by atoms with Gasteiger partial charge in [-0.1, -0.05) is 19.1 Å². The second kappa shape index (κ2) is 6.27. The Morgan fingerprint density at radius 2 is 2.17 bits per heavy atom. The lowest BCUT2D eigenvalue weighted by Crippen LogP contribution is -2.39. The van der Waals surface area contributed by atoms with Crippen LogP contribution in [0.5, 0.6) is 0 Å². The zero-order valence-corrected chi connectivity index (χ0v) is 11.7. The number of hydrogen-bond acceptors (Lipinski definition) is 4. The Hall–Kier alpha value is -0.970. The topological polar surface area (TPSA) is 45.1 Å². The van der Waals surface area contributed by atoms with Crippen LogP contribution in [0.3, 0.4) is 0 Å². The molecule has 4 heteroatoms. The Bertz CT molecular complexity index is 460. The first-order chi connectivity index (χ1) is 8.72. The van der Waals surface area contributed by atoms with Crippen LogP contribution in [0.1, 0.15) is 25.3 Å². The number of aliphatic hydroxyl groups is 1. The summed E-state index contributed by atoms with van der Waals surface area (Å²) in [6, 6.07) is 8.75. The van der Waals surface area contributed by atoms with Crippen LogP contribution >= 0.6 is 11.3 Å². The Labute approximate surface area is 112 Å². The van der Waals surface area contributed by atoms with E-state index in [9.17, 15) is 5.11 Å². The van der Waals surface area contributed by atoms with Crippen molar-refractivity contribution in [3.8, 4) is 0 Å². The van der Waals surface area contributed by atoms with Gasteiger partial charge in [-0.3, -0.25) is 0 Å². The average Bonchev–Trinajstić information content (AvgIpc) is 2.77. The minimum absolute atomic E-state index is 0.189. The summed E-state index contributed by atoms with van der Waals surface area (Å²) in [5.74, 6) is 0. The summed E-state index contributed by atoms with van der Waals surface area (Å²) in [6.45, 7) is 4.42. The van der Waals surface area contributed by atoms with Crippen LogP contribution in [0.15, 0.2) is 24.3 Å². The molecule has 0 saturated heterocycles. The van der Waals surface area contributed by atoms with Gasteiger partial charge in [-0.05, 0) is 25.5 Å². The molecular formula is C14H20N2OS. The molecule has 2 rings (SSSR count). The number of thiazole rings is 1. The quantitative estimate of drug-likeness (QED) is 0.843. The summed E-state index contributed by atoms with van der Waals surface area (Å²) in [4.78, 5) is 4.63. The van der Waals surface area contributed by atoms with Gasteiger partial charge in [0.25, 0.3) is 0 Å². The second-order valence-corrected chi connectivity index (χ2v) is 5.75. The zero-order valence-electron chi connectivity index (χ0n) is 10.9. The molecule has 1 aromatic carbocycles. The van der Waals surface area contributed by atoms with Crippen LogP contribution in [0.2, 0.25) is 0 Å². The maximum absolute atomic E-state index is 9.18. The fraction of sp³-hybridized carbons (Fsp3) is 0.500. The van der Waals surface area contributed by atoms with Crippen molar-refractivity contribution in [2.45, 2.75) is 38.8 Å². The van der Waals surface area contributed by atoms with E-state index >= 15 is 0 Å². The van der Waals surface area contributed by atoms with Crippen LogP contribution in [0.25, 0.3) is 10.2 Å². The zero-order chi connectivity index (χ0) is 13.0. The first kappa shape index (κ1) is 13.5. The van der Waals surface area contributed by atoms with E-state index in [1.807, 2.05) is 12.1 Å². The first-order valence-corrected chi connectivity index (χ1v) is 7.26. The molecule has 0 fully saturated rings. The molecule has 0 saturated carbocycles. The van der Waals surface area contributed by atoms with E-state index in [4.69, 9.17) is 0 Å². The average molecular weight is 264 g/mol. The van der Waals surface area contributed by atoms with Gasteiger partial charge >= 0.3 is 0 Å². The van der Waals surface area contributed by atoms with Crippen LogP contribution in [-0.4, -0.2) is 28.8 Å². The van der Waals surface area contributed by atoms with Gasteiger partial charge in [-0.25, -0.2) is 4.98 Å². The number of fused-ring (bicyclic) bond motifs is 1. The molecule has 2 unspecified atom stereocenters. The third kappa shape index (κ3) is 3.28. The normalized spacial score (nSPS) is 14.8. The summed E-state index contributed by atoms with van der Waals surface area (Å²) < 4.78 is 1.24. The van der Waals surface area contributed by atoms with Gasteiger partial charge in [0.2, 0.25) is 0 Å². The molecule has 2 atom stereocenters. The molecule has 0 aliphatic heterocycles. The fourth-order valence-electron chi connectivity index (χ4n) is 2.03. The molecule has 0 radical (unpaired) electrons. The Morgan fingerprint density at radius 3 is 2.83 bits per heavy atom. The van der Waals surface area contributed by atoms with E-state index < -0.39 is 0 Å². The number of rotatable bonds is 6. The van der Waals surface area contributed by atoms with Gasteiger partial charge in [0.15, 0.2) is 0 Å². The molecule has 0 amide bonds. The van der Waals surface area contributed by atoms with Crippen molar-refractivity contribution in [3.63, 3.8) is 0 Å². The van der Waals surface area contributed by atoms with E-state index in [-0.39, 0.29) is 12.6 Å². The van der Waals surface area contributed by atoms with Gasteiger partial charge < -0.3 is 10.4 Å². The van der Waals surface area contributed by atoms with Crippen LogP contribution in [0.4, 0.5) is 0 Å². The standard InChI is InChI=1S/C14H20N2OS/c1-3-11(9-17)15-10(2)8-14-16-12-6-4-5-7-13(12)18-14/h4-7,10-11,15,17H,3,8-9H2,1-2H3. The first-order valence-electron chi connectivity index (χ1n) is 6.44. The van der Waals surface area contributed by atoms with Crippen molar-refractivity contribution in [2.75, 3.05) is 6.61 Å². The van der Waals surface area contributed by atoms with Crippen LogP contribution < -0.4 is 5.32 Å². The highest BCUT2D eigenvalue weighted by molar-refractivity contribution is 7.18. The van der Waals surface area contributed by atoms with E-state index in [1.54, 1.807) is 11.3 Å². The molecule has 98 valence electrons. The molecule has 3 nitrogen and oxygen atoms in total. The lowest BCUT2D eigenvalue weighted by Gasteiger charge is -2.19. The Kier molecular flexibility index (Phi) is 4.69. The van der Waals surface area contributed by atoms with Crippen molar-refractivity contribution < 1.29 is 5.11 Å². The predicted molar refractivity (Wildman–Crippen MR) is 77.1 cm³/mol. The minimum atomic E-state index is 0.189. The molecule has 2 N–H and O–H groups in total. The predicted octanol–water partition coefficient (Wildman–Crippen LogP) is 2.59. The largest absolute Gasteiger partial charge is 0.395 e. The number of benzene rings is 1. The van der Waals surface area contributed by atoms with Gasteiger partial charge in [0.05, 0.1) is 21.8 Å². The summed E-state index contributed by atoms with van der Waals surface area (Å²) in [5.41, 5.74) is 1.08. The number of aliphatic hydroxyl groups excluding tert-OH is 1. The maximum Gasteiger partial charge on any atom is 0.0954 e. The molecule has 0 aliphatic carbocycles. The Morgan fingerprint density at radius 1 is 1.39 bits per heavy atom. The van der Waals surface area contributed by atoms with Crippen LogP contribution in [0, 0.1) is 0 Å². The molecule has 2 aromatic rings. The summed E-state index contributed by atoms with van der Waals surface area (Å²) in [7, 11) is 0. The van der Waals surface area contributed by atoms with Crippen molar-refractivity contribution in [3.05, 3.63) is 29.3 Å². The van der Waals surface area contributed by atoms with Gasteiger partial charge in [0.1, 0.15) is 0 Å². The molecule has 1 aromatic heterocycles. The SMILES string of the molecule is CCC(CO)NC(C)Cc1nc2ccccc2s1. The fourth-order valence-corrected chi connectivity index (χ4v) is 3.13. The lowest BCUT2D eigenvalue weighted by molar-refractivity contribution is 0.229. The van der Waals surface area contributed by atoms with Gasteiger partial charge in [-0.2, -0.15) is 0 Å². The number of aromatic nitrogens is 1. The van der Waals surface area contributed by atoms with E-state index in [1.165, 1.54) is 4.70 Å². The van der Waals surface area contributed by atoms with Crippen molar-refractivity contribution >= 4 is 21.6 Å².